The molecule has 1 aromatic carbocycles. The van der Waals surface area contributed by atoms with E-state index in [2.05, 4.69) is 10.3 Å². The van der Waals surface area contributed by atoms with Crippen LogP contribution < -0.4 is 5.32 Å². The fourth-order valence-electron chi connectivity index (χ4n) is 3.03. The summed E-state index contributed by atoms with van der Waals surface area (Å²) < 4.78 is 4.76. The number of fused-ring (bicyclic) bond motifs is 1. The van der Waals surface area contributed by atoms with Crippen molar-refractivity contribution < 1.29 is 14.3 Å². The van der Waals surface area contributed by atoms with Crippen molar-refractivity contribution in [2.75, 3.05) is 20.2 Å². The summed E-state index contributed by atoms with van der Waals surface area (Å²) in [6, 6.07) is 10.0. The number of pyridine rings is 1. The van der Waals surface area contributed by atoms with Gasteiger partial charge in [-0.15, -0.1) is 0 Å². The lowest BCUT2D eigenvalue weighted by Gasteiger charge is -2.28. The van der Waals surface area contributed by atoms with Gasteiger partial charge in [0.15, 0.2) is 0 Å². The Morgan fingerprint density at radius 3 is 2.80 bits per heavy atom. The lowest BCUT2D eigenvalue weighted by atomic mass is 9.97. The summed E-state index contributed by atoms with van der Waals surface area (Å²) in [6.45, 7) is 1.52. The van der Waals surface area contributed by atoms with E-state index in [9.17, 15) is 9.59 Å². The van der Waals surface area contributed by atoms with Gasteiger partial charge in [0.2, 0.25) is 0 Å². The summed E-state index contributed by atoms with van der Waals surface area (Å²) in [6.07, 6.45) is 4.36. The largest absolute Gasteiger partial charge is 0.453 e. The molecule has 1 aliphatic rings. The highest BCUT2D eigenvalue weighted by atomic mass is 16.5. The van der Waals surface area contributed by atoms with Gasteiger partial charge in [-0.05, 0) is 29.5 Å². The van der Waals surface area contributed by atoms with Gasteiger partial charge in [-0.25, -0.2) is 4.79 Å². The van der Waals surface area contributed by atoms with Gasteiger partial charge in [-0.2, -0.15) is 0 Å². The molecule has 2 aromatic rings. The number of carbonyl (C=O) groups is 2. The van der Waals surface area contributed by atoms with E-state index >= 15 is 0 Å². The highest BCUT2D eigenvalue weighted by Gasteiger charge is 2.25. The van der Waals surface area contributed by atoms with E-state index < -0.39 is 0 Å². The maximum atomic E-state index is 12.5. The lowest BCUT2D eigenvalue weighted by Crippen LogP contribution is -2.37. The van der Waals surface area contributed by atoms with Gasteiger partial charge in [0.1, 0.15) is 0 Å². The molecule has 6 heteroatoms. The maximum Gasteiger partial charge on any atom is 0.409 e. The summed E-state index contributed by atoms with van der Waals surface area (Å²) in [5.74, 6) is -0.119. The van der Waals surface area contributed by atoms with Crippen molar-refractivity contribution >= 4 is 12.0 Å². The van der Waals surface area contributed by atoms with Crippen LogP contribution in [0.2, 0.25) is 0 Å². The van der Waals surface area contributed by atoms with E-state index in [0.717, 1.165) is 17.5 Å². The molecule has 130 valence electrons. The second-order valence-corrected chi connectivity index (χ2v) is 5.96. The van der Waals surface area contributed by atoms with Crippen LogP contribution in [0.5, 0.6) is 0 Å². The molecule has 0 saturated heterocycles. The molecule has 0 spiro atoms. The molecule has 2 amide bonds. The molecule has 0 radical (unpaired) electrons. The number of hydrogen-bond acceptors (Lipinski definition) is 4. The third kappa shape index (κ3) is 3.96. The van der Waals surface area contributed by atoms with Gasteiger partial charge >= 0.3 is 6.09 Å². The Hall–Kier alpha value is -2.89. The smallest absolute Gasteiger partial charge is 0.409 e. The average Bonchev–Trinajstić information content (AvgIpc) is 2.67. The number of nitrogens with zero attached hydrogens (tertiary/aromatic N) is 2. The van der Waals surface area contributed by atoms with Gasteiger partial charge in [-0.3, -0.25) is 9.78 Å². The zero-order valence-corrected chi connectivity index (χ0v) is 14.2. The van der Waals surface area contributed by atoms with Crippen LogP contribution >= 0.6 is 0 Å². The fraction of sp³-hybridized carbons (Fsp3) is 0.316. The molecule has 0 unspecified atom stereocenters. The zero-order valence-electron chi connectivity index (χ0n) is 14.2. The van der Waals surface area contributed by atoms with Crippen molar-refractivity contribution in [1.82, 2.24) is 15.2 Å². The number of amides is 2. The van der Waals surface area contributed by atoms with E-state index in [-0.39, 0.29) is 12.0 Å². The highest BCUT2D eigenvalue weighted by Crippen LogP contribution is 2.22. The number of ether oxygens (including phenoxy) is 1. The SMILES string of the molecule is COC(=O)N1CCc2c(cncc2C(=O)NCCc2ccccc2)C1. The molecule has 0 saturated carbocycles. The number of rotatable bonds is 4. The quantitative estimate of drug-likeness (QED) is 0.927. The monoisotopic (exact) mass is 339 g/mol. The van der Waals surface area contributed by atoms with Crippen molar-refractivity contribution in [2.24, 2.45) is 0 Å². The summed E-state index contributed by atoms with van der Waals surface area (Å²) >= 11 is 0. The number of methoxy groups -OCH3 is 1. The molecule has 25 heavy (non-hydrogen) atoms. The van der Waals surface area contributed by atoms with Crippen LogP contribution in [0.1, 0.15) is 27.0 Å². The average molecular weight is 339 g/mol. The molecule has 3 rings (SSSR count). The summed E-state index contributed by atoms with van der Waals surface area (Å²) in [5, 5.41) is 2.96. The molecule has 1 aromatic heterocycles. The first kappa shape index (κ1) is 17.0. The Morgan fingerprint density at radius 2 is 2.04 bits per heavy atom. The number of hydrogen-bond donors (Lipinski definition) is 1. The Morgan fingerprint density at radius 1 is 1.24 bits per heavy atom. The number of benzene rings is 1. The van der Waals surface area contributed by atoms with Crippen molar-refractivity contribution in [2.45, 2.75) is 19.4 Å². The molecular formula is C19H21N3O3. The van der Waals surface area contributed by atoms with Crippen molar-refractivity contribution in [1.29, 1.82) is 0 Å². The molecular weight excluding hydrogens is 318 g/mol. The van der Waals surface area contributed by atoms with Gasteiger partial charge < -0.3 is 15.0 Å². The minimum atomic E-state index is -0.358. The fourth-order valence-corrected chi connectivity index (χ4v) is 3.03. The van der Waals surface area contributed by atoms with E-state index in [1.54, 1.807) is 17.3 Å². The summed E-state index contributed by atoms with van der Waals surface area (Å²) in [4.78, 5) is 30.0. The molecule has 2 heterocycles. The number of carbonyl (C=O) groups excluding carboxylic acids is 2. The van der Waals surface area contributed by atoms with Gasteiger partial charge in [0, 0.05) is 25.5 Å². The Labute approximate surface area is 146 Å². The van der Waals surface area contributed by atoms with E-state index in [4.69, 9.17) is 4.74 Å². The van der Waals surface area contributed by atoms with E-state index in [1.807, 2.05) is 30.3 Å². The third-order valence-electron chi connectivity index (χ3n) is 4.36. The first-order valence-electron chi connectivity index (χ1n) is 8.30. The molecule has 6 nitrogen and oxygen atoms in total. The first-order valence-corrected chi connectivity index (χ1v) is 8.30. The predicted octanol–water partition coefficient (Wildman–Crippen LogP) is 2.18. The Bertz CT molecular complexity index is 762. The highest BCUT2D eigenvalue weighted by molar-refractivity contribution is 5.95. The van der Waals surface area contributed by atoms with Crippen LogP contribution in [-0.2, 0) is 24.1 Å². The molecule has 1 aliphatic heterocycles. The zero-order chi connectivity index (χ0) is 17.6. The van der Waals surface area contributed by atoms with Crippen molar-refractivity contribution in [3.05, 3.63) is 65.0 Å². The van der Waals surface area contributed by atoms with Gasteiger partial charge in [0.25, 0.3) is 5.91 Å². The van der Waals surface area contributed by atoms with Crippen LogP contribution in [0.4, 0.5) is 4.79 Å². The summed E-state index contributed by atoms with van der Waals surface area (Å²) in [5.41, 5.74) is 3.64. The standard InChI is InChI=1S/C19H21N3O3/c1-25-19(24)22-10-8-16-15(13-22)11-20-12-17(16)18(23)21-9-7-14-5-3-2-4-6-14/h2-6,11-12H,7-10,13H2,1H3,(H,21,23). The molecule has 0 aliphatic carbocycles. The molecule has 1 N–H and O–H groups in total. The Balaban J connectivity index is 1.65. The van der Waals surface area contributed by atoms with E-state index in [1.165, 1.54) is 12.7 Å². The van der Waals surface area contributed by atoms with Crippen LogP contribution in [0, 0.1) is 0 Å². The summed E-state index contributed by atoms with van der Waals surface area (Å²) in [7, 11) is 1.37. The minimum absolute atomic E-state index is 0.119. The van der Waals surface area contributed by atoms with Gasteiger partial charge in [0.05, 0.1) is 19.2 Å². The number of aromatic nitrogens is 1. The first-order chi connectivity index (χ1) is 12.2. The second-order valence-electron chi connectivity index (χ2n) is 5.96. The minimum Gasteiger partial charge on any atom is -0.453 e. The van der Waals surface area contributed by atoms with Crippen LogP contribution in [0.3, 0.4) is 0 Å². The molecule has 0 bridgehead atoms. The molecule has 0 atom stereocenters. The maximum absolute atomic E-state index is 12.5. The predicted molar refractivity (Wildman–Crippen MR) is 93.2 cm³/mol. The van der Waals surface area contributed by atoms with Crippen LogP contribution in [0.15, 0.2) is 42.7 Å². The normalized spacial score (nSPS) is 13.1. The van der Waals surface area contributed by atoms with Gasteiger partial charge in [-0.1, -0.05) is 30.3 Å². The third-order valence-corrected chi connectivity index (χ3v) is 4.36. The van der Waals surface area contributed by atoms with Crippen molar-refractivity contribution in [3.8, 4) is 0 Å². The number of nitrogens with one attached hydrogen (secondary N) is 1. The second kappa shape index (κ2) is 7.79. The molecule has 0 fully saturated rings. The lowest BCUT2D eigenvalue weighted by molar-refractivity contribution is 0.0951. The topological polar surface area (TPSA) is 71.5 Å². The van der Waals surface area contributed by atoms with Crippen LogP contribution in [-0.4, -0.2) is 42.1 Å². The van der Waals surface area contributed by atoms with E-state index in [0.29, 0.717) is 31.6 Å². The van der Waals surface area contributed by atoms with Crippen molar-refractivity contribution in [3.63, 3.8) is 0 Å². The Kier molecular flexibility index (Phi) is 5.28. The van der Waals surface area contributed by atoms with Crippen LogP contribution in [0.25, 0.3) is 0 Å².